The highest BCUT2D eigenvalue weighted by Crippen LogP contribution is 2.29. The molecule has 1 amide bonds. The molecule has 0 spiro atoms. The van der Waals surface area contributed by atoms with Gasteiger partial charge in [-0.3, -0.25) is 4.79 Å². The van der Waals surface area contributed by atoms with Crippen molar-refractivity contribution in [3.63, 3.8) is 0 Å². The molecule has 0 bridgehead atoms. The molecule has 3 rings (SSSR count). The normalized spacial score (nSPS) is 13.1. The summed E-state index contributed by atoms with van der Waals surface area (Å²) in [6.45, 7) is 9.25. The van der Waals surface area contributed by atoms with Gasteiger partial charge >= 0.3 is 0 Å². The number of fused-ring (bicyclic) bond motifs is 1. The molecule has 168 valence electrons. The number of aryl methyl sites for hydroxylation is 1. The van der Waals surface area contributed by atoms with E-state index in [9.17, 15) is 13.2 Å². The number of nitrogens with one attached hydrogen (secondary N) is 1. The standard InChI is InChI=1S/C21H28N4O4S2/c1-5-24(6-2)31(27,28)17-10-11-19-18(13-17)23-21(25(19)7-3)30-15(4)20(26)22-14-16-9-8-12-29-16/h8-13,15H,5-7,14H2,1-4H3,(H,22,26). The molecule has 0 radical (unpaired) electrons. The van der Waals surface area contributed by atoms with Crippen molar-refractivity contribution in [2.45, 2.75) is 56.1 Å². The molecular weight excluding hydrogens is 436 g/mol. The van der Waals surface area contributed by atoms with Crippen LogP contribution in [0.25, 0.3) is 11.0 Å². The van der Waals surface area contributed by atoms with E-state index in [1.807, 2.05) is 32.3 Å². The SMILES string of the molecule is CCN(CC)S(=O)(=O)c1ccc2c(c1)nc(SC(C)C(=O)NCc1ccco1)n2CC. The van der Waals surface area contributed by atoms with Crippen LogP contribution in [0.3, 0.4) is 0 Å². The molecule has 2 heterocycles. The Labute approximate surface area is 187 Å². The first-order chi connectivity index (χ1) is 14.8. The largest absolute Gasteiger partial charge is 0.467 e. The minimum absolute atomic E-state index is 0.124. The van der Waals surface area contributed by atoms with Crippen LogP contribution in [0.4, 0.5) is 0 Å². The molecule has 1 unspecified atom stereocenters. The number of nitrogens with zero attached hydrogens (tertiary/aromatic N) is 3. The van der Waals surface area contributed by atoms with E-state index in [-0.39, 0.29) is 16.1 Å². The maximum absolute atomic E-state index is 12.9. The Morgan fingerprint density at radius 2 is 2.00 bits per heavy atom. The average Bonchev–Trinajstić information content (AvgIpc) is 3.39. The molecule has 1 N–H and O–H groups in total. The minimum atomic E-state index is -3.56. The molecule has 2 aromatic heterocycles. The van der Waals surface area contributed by atoms with Crippen LogP contribution in [0.2, 0.25) is 0 Å². The number of imidazole rings is 1. The molecule has 0 saturated carbocycles. The summed E-state index contributed by atoms with van der Waals surface area (Å²) in [6.07, 6.45) is 1.57. The van der Waals surface area contributed by atoms with Crippen LogP contribution in [0.5, 0.6) is 0 Å². The van der Waals surface area contributed by atoms with Gasteiger partial charge in [0.05, 0.1) is 34.0 Å². The first-order valence-electron chi connectivity index (χ1n) is 10.3. The highest BCUT2D eigenvalue weighted by molar-refractivity contribution is 8.00. The highest BCUT2D eigenvalue weighted by atomic mass is 32.2. The number of carbonyl (C=O) groups excluding carboxylic acids is 1. The maximum Gasteiger partial charge on any atom is 0.243 e. The van der Waals surface area contributed by atoms with Crippen molar-refractivity contribution < 1.29 is 17.6 Å². The van der Waals surface area contributed by atoms with E-state index in [0.717, 1.165) is 5.52 Å². The summed E-state index contributed by atoms with van der Waals surface area (Å²) in [6, 6.07) is 8.60. The van der Waals surface area contributed by atoms with Crippen molar-refractivity contribution in [1.29, 1.82) is 0 Å². The Kier molecular flexibility index (Phi) is 7.45. The predicted octanol–water partition coefficient (Wildman–Crippen LogP) is 3.48. The lowest BCUT2D eigenvalue weighted by Gasteiger charge is -2.18. The third-order valence-electron chi connectivity index (χ3n) is 5.01. The van der Waals surface area contributed by atoms with Gasteiger partial charge in [-0.15, -0.1) is 0 Å². The van der Waals surface area contributed by atoms with Crippen molar-refractivity contribution in [1.82, 2.24) is 19.2 Å². The number of thioether (sulfide) groups is 1. The van der Waals surface area contributed by atoms with Crippen LogP contribution >= 0.6 is 11.8 Å². The van der Waals surface area contributed by atoms with E-state index >= 15 is 0 Å². The first-order valence-corrected chi connectivity index (χ1v) is 12.6. The quantitative estimate of drug-likeness (QED) is 0.462. The zero-order valence-corrected chi connectivity index (χ0v) is 19.8. The van der Waals surface area contributed by atoms with Gasteiger partial charge in [-0.1, -0.05) is 25.6 Å². The molecule has 1 aromatic carbocycles. The average molecular weight is 465 g/mol. The van der Waals surface area contributed by atoms with Crippen molar-refractivity contribution in [2.75, 3.05) is 13.1 Å². The van der Waals surface area contributed by atoms with Gasteiger partial charge < -0.3 is 14.3 Å². The number of benzene rings is 1. The Bertz CT molecular complexity index is 1140. The topological polar surface area (TPSA) is 97.4 Å². The predicted molar refractivity (Wildman–Crippen MR) is 121 cm³/mol. The van der Waals surface area contributed by atoms with Crippen molar-refractivity contribution in [2.24, 2.45) is 0 Å². The Morgan fingerprint density at radius 3 is 2.61 bits per heavy atom. The van der Waals surface area contributed by atoms with E-state index in [1.54, 1.807) is 36.6 Å². The fourth-order valence-electron chi connectivity index (χ4n) is 3.30. The number of sulfonamides is 1. The van der Waals surface area contributed by atoms with E-state index in [4.69, 9.17) is 4.42 Å². The molecule has 0 aliphatic rings. The smallest absolute Gasteiger partial charge is 0.243 e. The Hall–Kier alpha value is -2.30. The van der Waals surface area contributed by atoms with Gasteiger partial charge in [-0.25, -0.2) is 13.4 Å². The molecule has 0 saturated heterocycles. The van der Waals surface area contributed by atoms with Crippen LogP contribution in [0.15, 0.2) is 51.1 Å². The third-order valence-corrected chi connectivity index (χ3v) is 8.15. The minimum Gasteiger partial charge on any atom is -0.467 e. The van der Waals surface area contributed by atoms with Crippen LogP contribution < -0.4 is 5.32 Å². The van der Waals surface area contributed by atoms with Gasteiger partial charge in [0.1, 0.15) is 5.76 Å². The molecule has 0 aliphatic heterocycles. The number of carbonyl (C=O) groups is 1. The summed E-state index contributed by atoms with van der Waals surface area (Å²) in [5, 5.41) is 3.15. The molecule has 3 aromatic rings. The second-order valence-electron chi connectivity index (χ2n) is 6.94. The van der Waals surface area contributed by atoms with Gasteiger partial charge in [0.2, 0.25) is 15.9 Å². The number of hydrogen-bond donors (Lipinski definition) is 1. The van der Waals surface area contributed by atoms with Gasteiger partial charge in [-0.2, -0.15) is 4.31 Å². The van der Waals surface area contributed by atoms with Crippen LogP contribution in [0.1, 0.15) is 33.5 Å². The number of hydrogen-bond acceptors (Lipinski definition) is 6. The summed E-state index contributed by atoms with van der Waals surface area (Å²) in [5.41, 5.74) is 1.44. The first kappa shape index (κ1) is 23.4. The van der Waals surface area contributed by atoms with Crippen LogP contribution in [-0.4, -0.2) is 46.5 Å². The summed E-state index contributed by atoms with van der Waals surface area (Å²) in [7, 11) is -3.56. The summed E-state index contributed by atoms with van der Waals surface area (Å²) >= 11 is 1.34. The van der Waals surface area contributed by atoms with E-state index < -0.39 is 10.0 Å². The lowest BCUT2D eigenvalue weighted by molar-refractivity contribution is -0.120. The zero-order chi connectivity index (χ0) is 22.6. The monoisotopic (exact) mass is 464 g/mol. The van der Waals surface area contributed by atoms with Crippen molar-refractivity contribution >= 4 is 38.7 Å². The van der Waals surface area contributed by atoms with Gasteiger partial charge in [0.25, 0.3) is 0 Å². The fraction of sp³-hybridized carbons (Fsp3) is 0.429. The second-order valence-corrected chi connectivity index (χ2v) is 10.2. The van der Waals surface area contributed by atoms with Gasteiger partial charge in [0.15, 0.2) is 5.16 Å². The number of aromatic nitrogens is 2. The maximum atomic E-state index is 12.9. The number of rotatable bonds is 10. The van der Waals surface area contributed by atoms with Crippen molar-refractivity contribution in [3.05, 3.63) is 42.4 Å². The van der Waals surface area contributed by atoms with Crippen LogP contribution in [-0.2, 0) is 27.9 Å². The summed E-state index contributed by atoms with van der Waals surface area (Å²) < 4.78 is 34.4. The third kappa shape index (κ3) is 4.97. The fourth-order valence-corrected chi connectivity index (χ4v) is 5.79. The summed E-state index contributed by atoms with van der Waals surface area (Å²) in [4.78, 5) is 17.4. The van der Waals surface area contributed by atoms with Gasteiger partial charge in [0, 0.05) is 19.6 Å². The molecular formula is C21H28N4O4S2. The lowest BCUT2D eigenvalue weighted by Crippen LogP contribution is -2.30. The number of furan rings is 1. The number of amides is 1. The zero-order valence-electron chi connectivity index (χ0n) is 18.2. The highest BCUT2D eigenvalue weighted by Gasteiger charge is 2.24. The van der Waals surface area contributed by atoms with Gasteiger partial charge in [-0.05, 0) is 44.2 Å². The Morgan fingerprint density at radius 1 is 1.26 bits per heavy atom. The molecule has 1 atom stereocenters. The van der Waals surface area contributed by atoms with E-state index in [2.05, 4.69) is 10.3 Å². The molecule has 8 nitrogen and oxygen atoms in total. The second kappa shape index (κ2) is 9.88. The molecule has 0 fully saturated rings. The lowest BCUT2D eigenvalue weighted by atomic mass is 10.3. The summed E-state index contributed by atoms with van der Waals surface area (Å²) in [5.74, 6) is 0.564. The van der Waals surface area contributed by atoms with E-state index in [1.165, 1.54) is 16.1 Å². The van der Waals surface area contributed by atoms with E-state index in [0.29, 0.717) is 42.6 Å². The van der Waals surface area contributed by atoms with Crippen molar-refractivity contribution in [3.8, 4) is 0 Å². The molecule has 10 heteroatoms. The molecule has 0 aliphatic carbocycles. The Balaban J connectivity index is 1.83. The van der Waals surface area contributed by atoms with Crippen LogP contribution in [0, 0.1) is 0 Å². The molecule has 31 heavy (non-hydrogen) atoms.